The Morgan fingerprint density at radius 1 is 0.679 bits per heavy atom. The summed E-state index contributed by atoms with van der Waals surface area (Å²) in [6.07, 6.45) is 2.45. The van der Waals surface area contributed by atoms with Gasteiger partial charge in [-0.2, -0.15) is 0 Å². The number of aliphatic hydroxyl groups is 1. The van der Waals surface area contributed by atoms with Crippen LogP contribution in [0, 0.1) is 62.3 Å². The van der Waals surface area contributed by atoms with Gasteiger partial charge in [0.1, 0.15) is 34.3 Å². The van der Waals surface area contributed by atoms with Gasteiger partial charge in [0.15, 0.2) is 5.78 Å². The molecule has 3 aromatic carbocycles. The fraction of sp³-hybridized carbons (Fsp3) is 0.341. The average molecular weight is 729 g/mol. The molecule has 0 aromatic heterocycles. The van der Waals surface area contributed by atoms with Crippen LogP contribution in [0.2, 0.25) is 0 Å². The molecular weight excluding hydrogens is 684 g/mol. The monoisotopic (exact) mass is 728 g/mol. The van der Waals surface area contributed by atoms with Crippen LogP contribution in [0.25, 0.3) is 0 Å². The summed E-state index contributed by atoms with van der Waals surface area (Å²) < 4.78 is 22.6. The summed E-state index contributed by atoms with van der Waals surface area (Å²) >= 11 is 0. The summed E-state index contributed by atoms with van der Waals surface area (Å²) in [6.45, 7) is 17.8. The molecule has 0 saturated carbocycles. The lowest BCUT2D eigenvalue weighted by Crippen LogP contribution is -2.47. The minimum Gasteiger partial charge on any atom is -0.507 e. The predicted octanol–water partition coefficient (Wildman–Crippen LogP) is 6.56. The van der Waals surface area contributed by atoms with Crippen LogP contribution in [0.3, 0.4) is 0 Å². The molecule has 280 valence electrons. The Labute approximate surface area is 307 Å². The van der Waals surface area contributed by atoms with Crippen molar-refractivity contribution in [1.82, 2.24) is 0 Å². The van der Waals surface area contributed by atoms with Gasteiger partial charge in [-0.1, -0.05) is 6.92 Å². The molecule has 1 aliphatic carbocycles. The number of aromatic carboxylic acids is 1. The summed E-state index contributed by atoms with van der Waals surface area (Å²) in [5.41, 5.74) is 1.82. The van der Waals surface area contributed by atoms with Gasteiger partial charge in [-0.05, 0) is 143 Å². The molecule has 0 amide bonds. The number of carboxylic acids is 1. The third kappa shape index (κ3) is 6.70. The van der Waals surface area contributed by atoms with E-state index < -0.39 is 41.0 Å². The van der Waals surface area contributed by atoms with Crippen molar-refractivity contribution in [1.29, 1.82) is 0 Å². The Morgan fingerprint density at radius 2 is 1.21 bits per heavy atom. The van der Waals surface area contributed by atoms with Crippen LogP contribution < -0.4 is 14.2 Å². The number of phenolic OH excluding ortho intramolecular Hbond substituents is 1. The Hall–Kier alpha value is -5.75. The molecule has 0 heterocycles. The van der Waals surface area contributed by atoms with Gasteiger partial charge in [-0.15, -0.1) is 0 Å². The first kappa shape index (κ1) is 40.0. The van der Waals surface area contributed by atoms with E-state index in [0.717, 1.165) is 12.2 Å². The second-order valence-electron chi connectivity index (χ2n) is 13.3. The number of ketones is 1. The maximum Gasteiger partial charge on any atom is 0.356 e. The number of phenols is 1. The molecule has 53 heavy (non-hydrogen) atoms. The molecular formula is C41H44O12. The van der Waals surface area contributed by atoms with Crippen LogP contribution in [-0.2, 0) is 20.7 Å². The molecule has 1 aliphatic rings. The zero-order chi connectivity index (χ0) is 40.0. The van der Waals surface area contributed by atoms with E-state index in [1.807, 2.05) is 0 Å². The summed E-state index contributed by atoms with van der Waals surface area (Å²) in [7, 11) is 1.23. The van der Waals surface area contributed by atoms with E-state index in [9.17, 15) is 39.3 Å². The number of esters is 3. The van der Waals surface area contributed by atoms with E-state index in [0.29, 0.717) is 50.9 Å². The zero-order valence-corrected chi connectivity index (χ0v) is 32.0. The normalized spacial score (nSPS) is 15.4. The second-order valence-corrected chi connectivity index (χ2v) is 13.3. The van der Waals surface area contributed by atoms with Gasteiger partial charge in [0.25, 0.3) is 0 Å². The third-order valence-electron chi connectivity index (χ3n) is 10.3. The number of ether oxygens (including phenoxy) is 4. The van der Waals surface area contributed by atoms with Crippen molar-refractivity contribution in [3.05, 3.63) is 102 Å². The second kappa shape index (κ2) is 14.7. The number of carbonyl (C=O) groups excluding carboxylic acids is 4. The molecule has 0 unspecified atom stereocenters. The number of aromatic hydroxyl groups is 1. The zero-order valence-electron chi connectivity index (χ0n) is 32.0. The van der Waals surface area contributed by atoms with Crippen molar-refractivity contribution in [2.24, 2.45) is 0 Å². The first-order valence-corrected chi connectivity index (χ1v) is 16.8. The highest BCUT2D eigenvalue weighted by Gasteiger charge is 2.48. The van der Waals surface area contributed by atoms with Crippen molar-refractivity contribution < 1.29 is 58.2 Å². The van der Waals surface area contributed by atoms with Crippen molar-refractivity contribution in [2.75, 3.05) is 7.11 Å². The minimum atomic E-state index is -2.35. The molecule has 0 saturated heterocycles. The van der Waals surface area contributed by atoms with Crippen LogP contribution in [-0.4, -0.2) is 57.7 Å². The Balaban J connectivity index is 1.69. The molecule has 0 fully saturated rings. The van der Waals surface area contributed by atoms with Crippen LogP contribution in [0.4, 0.5) is 0 Å². The summed E-state index contributed by atoms with van der Waals surface area (Å²) in [5, 5.41) is 32.3. The number of carboxylic acid groups (broad SMARTS) is 1. The van der Waals surface area contributed by atoms with Gasteiger partial charge in [0.05, 0.1) is 18.2 Å². The van der Waals surface area contributed by atoms with Crippen LogP contribution in [0.15, 0.2) is 29.6 Å². The van der Waals surface area contributed by atoms with Crippen molar-refractivity contribution >= 4 is 29.7 Å². The largest absolute Gasteiger partial charge is 0.507 e. The number of methoxy groups -OCH3 is 1. The number of hydrogen-bond donors (Lipinski definition) is 3. The summed E-state index contributed by atoms with van der Waals surface area (Å²) in [6, 6.07) is 1.44. The van der Waals surface area contributed by atoms with Gasteiger partial charge < -0.3 is 34.3 Å². The first-order valence-electron chi connectivity index (χ1n) is 16.8. The van der Waals surface area contributed by atoms with Gasteiger partial charge in [-0.3, -0.25) is 4.79 Å². The first-order chi connectivity index (χ1) is 24.6. The molecule has 4 rings (SSSR count). The highest BCUT2D eigenvalue weighted by molar-refractivity contribution is 6.06. The standard InChI is InChI=1S/C41H44O12/c1-13-28-25(10)33(21(6)24(9)36(28)53-40(48)41(49)18(3)15-27(42)16-30(41)50-12)39(47)51-29-14-17(2)31(34(43)26(29)11)38(46)52-35-22(7)19(4)32(37(44)45)20(5)23(35)8/h14-16,43,49H,13H2,1-12H3,(H,44,45)/t41-/m1/s1. The Morgan fingerprint density at radius 3 is 1.74 bits per heavy atom. The maximum absolute atomic E-state index is 13.9. The number of hydrogen-bond acceptors (Lipinski definition) is 11. The van der Waals surface area contributed by atoms with Crippen LogP contribution in [0.5, 0.6) is 23.0 Å². The van der Waals surface area contributed by atoms with Crippen LogP contribution >= 0.6 is 0 Å². The van der Waals surface area contributed by atoms with E-state index in [1.165, 1.54) is 27.0 Å². The molecule has 3 aromatic rings. The molecule has 0 spiro atoms. The number of aryl methyl sites for hydroxylation is 1. The molecule has 0 radical (unpaired) electrons. The highest BCUT2D eigenvalue weighted by atomic mass is 16.6. The van der Waals surface area contributed by atoms with Crippen molar-refractivity contribution in [2.45, 2.75) is 88.2 Å². The molecule has 3 N–H and O–H groups in total. The molecule has 1 atom stereocenters. The lowest BCUT2D eigenvalue weighted by Gasteiger charge is -2.31. The lowest BCUT2D eigenvalue weighted by atomic mass is 9.86. The smallest absolute Gasteiger partial charge is 0.356 e. The summed E-state index contributed by atoms with van der Waals surface area (Å²) in [5.74, 6) is -4.70. The van der Waals surface area contributed by atoms with Crippen molar-refractivity contribution in [3.63, 3.8) is 0 Å². The molecule has 12 nitrogen and oxygen atoms in total. The summed E-state index contributed by atoms with van der Waals surface area (Å²) in [4.78, 5) is 64.8. The van der Waals surface area contributed by atoms with Gasteiger partial charge in [0.2, 0.25) is 5.60 Å². The van der Waals surface area contributed by atoms with E-state index in [1.54, 1.807) is 62.3 Å². The van der Waals surface area contributed by atoms with E-state index in [-0.39, 0.29) is 56.4 Å². The quantitative estimate of drug-likeness (QED) is 0.160. The van der Waals surface area contributed by atoms with Gasteiger partial charge in [-0.25, -0.2) is 19.2 Å². The number of carbonyl (C=O) groups is 5. The lowest BCUT2D eigenvalue weighted by molar-refractivity contribution is -0.151. The van der Waals surface area contributed by atoms with E-state index >= 15 is 0 Å². The topological polar surface area (TPSA) is 183 Å². The van der Waals surface area contributed by atoms with Crippen molar-refractivity contribution in [3.8, 4) is 23.0 Å². The third-order valence-corrected chi connectivity index (χ3v) is 10.3. The van der Waals surface area contributed by atoms with Gasteiger partial charge >= 0.3 is 23.9 Å². The molecule has 0 bridgehead atoms. The Kier molecular flexibility index (Phi) is 11.1. The molecule has 12 heteroatoms. The maximum atomic E-state index is 13.9. The van der Waals surface area contributed by atoms with E-state index in [4.69, 9.17) is 18.9 Å². The fourth-order valence-corrected chi connectivity index (χ4v) is 6.76. The SMILES string of the molecule is CCc1c(C)c(C(=O)Oc2cc(C)c(C(=O)Oc3c(C)c(C)c(C(=O)O)c(C)c3C)c(O)c2C)c(C)c(C)c1OC(=O)[C@@]1(O)C(C)=CC(=O)C=C1OC. The fourth-order valence-electron chi connectivity index (χ4n) is 6.76. The molecule has 0 aliphatic heterocycles. The number of rotatable bonds is 9. The van der Waals surface area contributed by atoms with E-state index in [2.05, 4.69) is 0 Å². The predicted molar refractivity (Wildman–Crippen MR) is 194 cm³/mol. The highest BCUT2D eigenvalue weighted by Crippen LogP contribution is 2.40. The number of allylic oxidation sites excluding steroid dienone is 2. The number of benzene rings is 3. The minimum absolute atomic E-state index is 0.00775. The Bertz CT molecular complexity index is 2170. The van der Waals surface area contributed by atoms with Gasteiger partial charge in [0, 0.05) is 11.6 Å². The van der Waals surface area contributed by atoms with Crippen LogP contribution in [0.1, 0.15) is 101 Å². The average Bonchev–Trinajstić information content (AvgIpc) is 3.08.